The second-order valence-electron chi connectivity index (χ2n) is 2.93. The van der Waals surface area contributed by atoms with E-state index in [1.807, 2.05) is 0 Å². The van der Waals surface area contributed by atoms with E-state index < -0.39 is 0 Å². The summed E-state index contributed by atoms with van der Waals surface area (Å²) in [6.07, 6.45) is 1.63. The summed E-state index contributed by atoms with van der Waals surface area (Å²) < 4.78 is 22.3. The van der Waals surface area contributed by atoms with Crippen LogP contribution in [0.4, 0.5) is 9.39 Å². The fraction of sp³-hybridized carbons (Fsp3) is 0.100. The highest BCUT2D eigenvalue weighted by atomic mass is 32.1. The molecule has 0 atom stereocenters. The zero-order valence-corrected chi connectivity index (χ0v) is 8.63. The monoisotopic (exact) mass is 224 g/mol. The number of para-hydroxylation sites is 1. The van der Waals surface area contributed by atoms with Crippen LogP contribution < -0.4 is 10.5 Å². The molecule has 78 valence electrons. The first-order valence-corrected chi connectivity index (χ1v) is 5.11. The van der Waals surface area contributed by atoms with Gasteiger partial charge < -0.3 is 10.5 Å². The molecule has 2 aromatic rings. The van der Waals surface area contributed by atoms with Gasteiger partial charge in [0.15, 0.2) is 11.6 Å². The maximum absolute atomic E-state index is 13.1. The van der Waals surface area contributed by atoms with Gasteiger partial charge in [-0.25, -0.2) is 4.39 Å². The summed E-state index contributed by atoms with van der Waals surface area (Å²) in [4.78, 5) is 0. The van der Waals surface area contributed by atoms with Crippen LogP contribution in [0.1, 0.15) is 5.56 Å². The molecule has 0 saturated carbocycles. The van der Waals surface area contributed by atoms with E-state index in [-0.39, 0.29) is 18.2 Å². The van der Waals surface area contributed by atoms with Crippen LogP contribution >= 0.6 is 11.5 Å². The van der Waals surface area contributed by atoms with Crippen LogP contribution in [-0.4, -0.2) is 4.37 Å². The van der Waals surface area contributed by atoms with Crippen molar-refractivity contribution in [2.45, 2.75) is 6.61 Å². The number of aromatic nitrogens is 1. The van der Waals surface area contributed by atoms with E-state index in [1.54, 1.807) is 24.4 Å². The lowest BCUT2D eigenvalue weighted by atomic mass is 10.3. The molecule has 0 radical (unpaired) electrons. The number of ether oxygens (including phenoxy) is 1. The summed E-state index contributed by atoms with van der Waals surface area (Å²) in [6, 6.07) is 6.26. The first kappa shape index (κ1) is 9.92. The Labute approximate surface area is 90.5 Å². The number of hydrogen-bond acceptors (Lipinski definition) is 4. The maximum Gasteiger partial charge on any atom is 0.165 e. The molecule has 1 heterocycles. The molecule has 0 aliphatic rings. The lowest BCUT2D eigenvalue weighted by Crippen LogP contribution is -1.98. The Bertz CT molecular complexity index is 458. The number of nitrogens with zero attached hydrogens (tertiary/aromatic N) is 1. The van der Waals surface area contributed by atoms with Crippen LogP contribution in [0.2, 0.25) is 0 Å². The van der Waals surface area contributed by atoms with Gasteiger partial charge in [-0.2, -0.15) is 4.37 Å². The first-order valence-electron chi connectivity index (χ1n) is 4.33. The van der Waals surface area contributed by atoms with Crippen molar-refractivity contribution in [1.82, 2.24) is 4.37 Å². The molecule has 2 N–H and O–H groups in total. The maximum atomic E-state index is 13.1. The van der Waals surface area contributed by atoms with E-state index in [4.69, 9.17) is 10.5 Å². The van der Waals surface area contributed by atoms with Gasteiger partial charge in [0.25, 0.3) is 0 Å². The van der Waals surface area contributed by atoms with E-state index in [0.717, 1.165) is 5.56 Å². The van der Waals surface area contributed by atoms with E-state index in [9.17, 15) is 4.39 Å². The van der Waals surface area contributed by atoms with E-state index in [0.29, 0.717) is 5.00 Å². The van der Waals surface area contributed by atoms with E-state index in [2.05, 4.69) is 4.37 Å². The van der Waals surface area contributed by atoms with Crippen molar-refractivity contribution in [2.75, 3.05) is 5.73 Å². The number of hydrogen-bond donors (Lipinski definition) is 1. The third-order valence-corrected chi connectivity index (χ3v) is 2.57. The molecule has 0 spiro atoms. The normalized spacial score (nSPS) is 10.2. The number of anilines is 1. The van der Waals surface area contributed by atoms with Gasteiger partial charge in [-0.15, -0.1) is 0 Å². The Morgan fingerprint density at radius 3 is 2.87 bits per heavy atom. The van der Waals surface area contributed by atoms with E-state index >= 15 is 0 Å². The summed E-state index contributed by atoms with van der Waals surface area (Å²) in [5, 5.41) is 0.603. The highest BCUT2D eigenvalue weighted by Crippen LogP contribution is 2.20. The van der Waals surface area contributed by atoms with Crippen LogP contribution in [0.25, 0.3) is 0 Å². The fourth-order valence-corrected chi connectivity index (χ4v) is 1.62. The molecular weight excluding hydrogens is 215 g/mol. The molecule has 0 aliphatic heterocycles. The van der Waals surface area contributed by atoms with Crippen molar-refractivity contribution in [3.8, 4) is 5.75 Å². The largest absolute Gasteiger partial charge is 0.486 e. The minimum absolute atomic E-state index is 0.225. The molecule has 2 rings (SSSR count). The van der Waals surface area contributed by atoms with E-state index in [1.165, 1.54) is 17.6 Å². The molecule has 1 aromatic heterocycles. The topological polar surface area (TPSA) is 48.1 Å². The number of rotatable bonds is 3. The Morgan fingerprint density at radius 2 is 2.20 bits per heavy atom. The lowest BCUT2D eigenvalue weighted by Gasteiger charge is -2.05. The Hall–Kier alpha value is -1.62. The summed E-state index contributed by atoms with van der Waals surface area (Å²) in [7, 11) is 0. The van der Waals surface area contributed by atoms with Crippen LogP contribution in [0.3, 0.4) is 0 Å². The van der Waals surface area contributed by atoms with Crippen molar-refractivity contribution in [3.63, 3.8) is 0 Å². The predicted molar refractivity (Wildman–Crippen MR) is 57.3 cm³/mol. The molecule has 0 bridgehead atoms. The Kier molecular flexibility index (Phi) is 2.82. The Morgan fingerprint density at radius 1 is 1.40 bits per heavy atom. The van der Waals surface area contributed by atoms with Gasteiger partial charge in [0.2, 0.25) is 0 Å². The van der Waals surface area contributed by atoms with Gasteiger partial charge in [-0.05, 0) is 23.7 Å². The first-order chi connectivity index (χ1) is 7.27. The third-order valence-electron chi connectivity index (χ3n) is 1.90. The van der Waals surface area contributed by atoms with Crippen LogP contribution in [-0.2, 0) is 6.61 Å². The Balaban J connectivity index is 2.06. The number of benzene rings is 1. The summed E-state index contributed by atoms with van der Waals surface area (Å²) >= 11 is 1.20. The predicted octanol–water partition coefficient (Wildman–Crippen LogP) is 2.44. The number of halogens is 1. The molecule has 1 aromatic carbocycles. The van der Waals surface area contributed by atoms with Gasteiger partial charge in [-0.1, -0.05) is 12.1 Å². The van der Waals surface area contributed by atoms with Crippen molar-refractivity contribution in [1.29, 1.82) is 0 Å². The van der Waals surface area contributed by atoms with Crippen LogP contribution in [0, 0.1) is 5.82 Å². The summed E-state index contributed by atoms with van der Waals surface area (Å²) in [5.41, 5.74) is 6.41. The molecule has 0 saturated heterocycles. The molecule has 15 heavy (non-hydrogen) atoms. The number of nitrogens with two attached hydrogens (primary N) is 1. The van der Waals surface area contributed by atoms with Gasteiger partial charge in [-0.3, -0.25) is 0 Å². The summed E-state index contributed by atoms with van der Waals surface area (Å²) in [6.45, 7) is 0.239. The SMILES string of the molecule is Nc1sncc1COc1ccccc1F. The van der Waals surface area contributed by atoms with Crippen molar-refractivity contribution in [2.24, 2.45) is 0 Å². The number of nitrogen functional groups attached to an aromatic ring is 1. The van der Waals surface area contributed by atoms with Crippen LogP contribution in [0.5, 0.6) is 5.75 Å². The molecule has 0 amide bonds. The summed E-state index contributed by atoms with van der Waals surface area (Å²) in [5.74, 6) is -0.151. The quantitative estimate of drug-likeness (QED) is 0.871. The minimum atomic E-state index is -0.376. The van der Waals surface area contributed by atoms with Gasteiger partial charge in [0.1, 0.15) is 11.6 Å². The smallest absolute Gasteiger partial charge is 0.165 e. The minimum Gasteiger partial charge on any atom is -0.486 e. The van der Waals surface area contributed by atoms with Crippen LogP contribution in [0.15, 0.2) is 30.5 Å². The molecule has 0 fully saturated rings. The highest BCUT2D eigenvalue weighted by Gasteiger charge is 2.05. The molecule has 0 aliphatic carbocycles. The standard InChI is InChI=1S/C10H9FN2OS/c11-8-3-1-2-4-9(8)14-6-7-5-13-15-10(7)12/h1-5H,6,12H2. The second-order valence-corrected chi connectivity index (χ2v) is 3.77. The van der Waals surface area contributed by atoms with Crippen molar-refractivity contribution < 1.29 is 9.13 Å². The third kappa shape index (κ3) is 2.24. The van der Waals surface area contributed by atoms with Gasteiger partial charge in [0, 0.05) is 11.8 Å². The average Bonchev–Trinajstić information content (AvgIpc) is 2.63. The lowest BCUT2D eigenvalue weighted by molar-refractivity contribution is 0.291. The van der Waals surface area contributed by atoms with Gasteiger partial charge in [0.05, 0.1) is 0 Å². The fourth-order valence-electron chi connectivity index (χ4n) is 1.09. The van der Waals surface area contributed by atoms with Crippen molar-refractivity contribution >= 4 is 16.5 Å². The zero-order chi connectivity index (χ0) is 10.7. The van der Waals surface area contributed by atoms with Gasteiger partial charge >= 0.3 is 0 Å². The van der Waals surface area contributed by atoms with Crippen molar-refractivity contribution in [3.05, 3.63) is 41.8 Å². The molecular formula is C10H9FN2OS. The zero-order valence-electron chi connectivity index (χ0n) is 7.81. The average molecular weight is 224 g/mol. The highest BCUT2D eigenvalue weighted by molar-refractivity contribution is 7.10. The molecule has 5 heteroatoms. The molecule has 3 nitrogen and oxygen atoms in total. The molecule has 0 unspecified atom stereocenters. The second kappa shape index (κ2) is 4.27.